The van der Waals surface area contributed by atoms with E-state index < -0.39 is 47.9 Å². The number of carbonyl (C=O) groups is 3. The maximum atomic E-state index is 13.3. The molecule has 172 valence electrons. The molecule has 10 nitrogen and oxygen atoms in total. The Morgan fingerprint density at radius 3 is 2.50 bits per heavy atom. The molecule has 1 aliphatic carbocycles. The molecule has 4 rings (SSSR count). The number of fused-ring (bicyclic) bond motifs is 2. The highest BCUT2D eigenvalue weighted by Crippen LogP contribution is 2.38. The lowest BCUT2D eigenvalue weighted by Crippen LogP contribution is -2.41. The van der Waals surface area contributed by atoms with Crippen molar-refractivity contribution in [2.45, 2.75) is 58.1 Å². The molecule has 0 bridgehead atoms. The van der Waals surface area contributed by atoms with Crippen LogP contribution in [0, 0.1) is 13.8 Å². The van der Waals surface area contributed by atoms with E-state index in [2.05, 4.69) is 26.2 Å². The van der Waals surface area contributed by atoms with Crippen LogP contribution in [0.5, 0.6) is 0 Å². The summed E-state index contributed by atoms with van der Waals surface area (Å²) in [7, 11) is 1.19. The summed E-state index contributed by atoms with van der Waals surface area (Å²) in [6.45, 7) is 6.63. The summed E-state index contributed by atoms with van der Waals surface area (Å²) in [5.41, 5.74) is 0.551. The standard InChI is InChI=1S/C21H23BrN2O8/c1-7-10-12(11(8(2)24-7)19(28)29-5)16(26)13(22)14(17(10)27)23-6-9-15(25)18-20(30-9)32-21(3,4)31-18/h9,15,18,20,23,25H,6H2,1-5H3/t9-,15+,18-,20-/m1/s1. The van der Waals surface area contributed by atoms with Crippen molar-refractivity contribution in [1.82, 2.24) is 10.3 Å². The molecule has 0 unspecified atom stereocenters. The Bertz CT molecular complexity index is 1070. The van der Waals surface area contributed by atoms with E-state index in [1.807, 2.05) is 0 Å². The molecule has 4 atom stereocenters. The Kier molecular flexibility index (Phi) is 5.74. The number of pyridine rings is 1. The number of halogens is 1. The summed E-state index contributed by atoms with van der Waals surface area (Å²) in [5, 5.41) is 13.5. The molecular formula is C21H23BrN2O8. The van der Waals surface area contributed by atoms with E-state index >= 15 is 0 Å². The molecule has 0 aromatic carbocycles. The van der Waals surface area contributed by atoms with Crippen molar-refractivity contribution in [1.29, 1.82) is 0 Å². The van der Waals surface area contributed by atoms with Crippen molar-refractivity contribution in [3.8, 4) is 0 Å². The highest BCUT2D eigenvalue weighted by Gasteiger charge is 2.54. The molecule has 3 aliphatic rings. The Labute approximate surface area is 192 Å². The molecule has 1 aromatic heterocycles. The topological polar surface area (TPSA) is 133 Å². The molecule has 2 saturated heterocycles. The molecule has 1 aromatic rings. The molecule has 0 radical (unpaired) electrons. The Hall–Kier alpha value is -2.18. The molecule has 0 spiro atoms. The number of aromatic nitrogens is 1. The Morgan fingerprint density at radius 2 is 1.88 bits per heavy atom. The van der Waals surface area contributed by atoms with E-state index in [4.69, 9.17) is 18.9 Å². The zero-order valence-electron chi connectivity index (χ0n) is 18.1. The minimum absolute atomic E-state index is 0.0119. The lowest BCUT2D eigenvalue weighted by Gasteiger charge is -2.26. The number of Topliss-reactive ketones (excluding diaryl/α,β-unsaturated/α-hetero) is 2. The van der Waals surface area contributed by atoms with Crippen LogP contribution in [-0.2, 0) is 18.9 Å². The van der Waals surface area contributed by atoms with Crippen LogP contribution in [0.15, 0.2) is 10.2 Å². The molecule has 2 aliphatic heterocycles. The van der Waals surface area contributed by atoms with Gasteiger partial charge in [-0.05, 0) is 43.6 Å². The molecule has 3 heterocycles. The summed E-state index contributed by atoms with van der Waals surface area (Å²) < 4.78 is 21.8. The van der Waals surface area contributed by atoms with E-state index in [1.54, 1.807) is 27.7 Å². The fourth-order valence-corrected chi connectivity index (χ4v) is 4.76. The molecule has 0 amide bonds. The number of aliphatic hydroxyl groups excluding tert-OH is 1. The lowest BCUT2D eigenvalue weighted by atomic mass is 9.87. The number of ether oxygens (including phenoxy) is 4. The van der Waals surface area contributed by atoms with Crippen molar-refractivity contribution in [3.05, 3.63) is 38.3 Å². The molecule has 2 N–H and O–H groups in total. The number of rotatable bonds is 4. The van der Waals surface area contributed by atoms with Gasteiger partial charge in [-0.1, -0.05) is 0 Å². The van der Waals surface area contributed by atoms with Crippen molar-refractivity contribution >= 4 is 33.5 Å². The predicted octanol–water partition coefficient (Wildman–Crippen LogP) is 1.30. The number of methoxy groups -OCH3 is 1. The number of hydrogen-bond acceptors (Lipinski definition) is 10. The third-order valence-corrected chi connectivity index (χ3v) is 6.40. The number of aliphatic hydroxyl groups is 1. The van der Waals surface area contributed by atoms with Gasteiger partial charge in [0.1, 0.15) is 24.0 Å². The van der Waals surface area contributed by atoms with Crippen LogP contribution in [0.4, 0.5) is 0 Å². The van der Waals surface area contributed by atoms with E-state index in [1.165, 1.54) is 7.11 Å². The number of nitrogens with one attached hydrogen (secondary N) is 1. The molecule has 11 heteroatoms. The minimum Gasteiger partial charge on any atom is -0.465 e. The van der Waals surface area contributed by atoms with E-state index in [9.17, 15) is 19.5 Å². The third-order valence-electron chi connectivity index (χ3n) is 5.64. The second kappa shape index (κ2) is 7.99. The quantitative estimate of drug-likeness (QED) is 0.570. The molecule has 32 heavy (non-hydrogen) atoms. The average molecular weight is 511 g/mol. The second-order valence-corrected chi connectivity index (χ2v) is 9.05. The number of hydrogen-bond donors (Lipinski definition) is 2. The zero-order chi connectivity index (χ0) is 23.5. The number of aryl methyl sites for hydroxylation is 2. The minimum atomic E-state index is -0.993. The first-order valence-corrected chi connectivity index (χ1v) is 10.8. The summed E-state index contributed by atoms with van der Waals surface area (Å²) >= 11 is 3.19. The van der Waals surface area contributed by atoms with Gasteiger partial charge in [-0.3, -0.25) is 14.6 Å². The van der Waals surface area contributed by atoms with E-state index in [0.717, 1.165) is 0 Å². The van der Waals surface area contributed by atoms with Gasteiger partial charge in [-0.15, -0.1) is 0 Å². The lowest BCUT2D eigenvalue weighted by molar-refractivity contribution is -0.213. The molecular weight excluding hydrogens is 488 g/mol. The van der Waals surface area contributed by atoms with Gasteiger partial charge >= 0.3 is 5.97 Å². The normalized spacial score (nSPS) is 28.6. The van der Waals surface area contributed by atoms with Crippen molar-refractivity contribution in [2.24, 2.45) is 0 Å². The van der Waals surface area contributed by atoms with Crippen LogP contribution in [0.25, 0.3) is 0 Å². The first-order valence-electron chi connectivity index (χ1n) is 9.98. The first-order chi connectivity index (χ1) is 15.0. The average Bonchev–Trinajstić information content (AvgIpc) is 3.17. The fraction of sp³-hybridized carbons (Fsp3) is 0.524. The smallest absolute Gasteiger partial charge is 0.340 e. The Balaban J connectivity index is 1.60. The fourth-order valence-electron chi connectivity index (χ4n) is 4.24. The highest BCUT2D eigenvalue weighted by molar-refractivity contribution is 9.12. The summed E-state index contributed by atoms with van der Waals surface area (Å²) in [5.74, 6) is -2.67. The SMILES string of the molecule is COC(=O)c1c(C)nc(C)c2c1C(=O)C(Br)=C(NC[C@H]1O[C@@H]3OC(C)(C)O[C@@H]3[C@H]1O)C2=O. The molecule has 0 saturated carbocycles. The van der Waals surface area contributed by atoms with Gasteiger partial charge in [0.15, 0.2) is 12.1 Å². The van der Waals surface area contributed by atoms with Gasteiger partial charge in [-0.25, -0.2) is 4.79 Å². The second-order valence-electron chi connectivity index (χ2n) is 8.26. The summed E-state index contributed by atoms with van der Waals surface area (Å²) in [4.78, 5) is 43.0. The van der Waals surface area contributed by atoms with Crippen LogP contribution >= 0.6 is 15.9 Å². The van der Waals surface area contributed by atoms with Crippen LogP contribution in [0.3, 0.4) is 0 Å². The van der Waals surface area contributed by atoms with Crippen LogP contribution in [0.2, 0.25) is 0 Å². The van der Waals surface area contributed by atoms with Gasteiger partial charge in [0.05, 0.1) is 34.0 Å². The maximum Gasteiger partial charge on any atom is 0.340 e. The predicted molar refractivity (Wildman–Crippen MR) is 112 cm³/mol. The summed E-state index contributed by atoms with van der Waals surface area (Å²) in [6, 6.07) is 0. The number of allylic oxidation sites excluding steroid dienone is 2. The van der Waals surface area contributed by atoms with Crippen molar-refractivity contribution in [3.63, 3.8) is 0 Å². The van der Waals surface area contributed by atoms with Crippen LogP contribution in [0.1, 0.15) is 56.3 Å². The summed E-state index contributed by atoms with van der Waals surface area (Å²) in [6.07, 6.45) is -3.12. The van der Waals surface area contributed by atoms with E-state index in [-0.39, 0.29) is 33.4 Å². The molecule has 2 fully saturated rings. The largest absolute Gasteiger partial charge is 0.465 e. The van der Waals surface area contributed by atoms with Gasteiger partial charge in [-0.2, -0.15) is 0 Å². The van der Waals surface area contributed by atoms with Gasteiger partial charge in [0, 0.05) is 12.2 Å². The highest BCUT2D eigenvalue weighted by atomic mass is 79.9. The van der Waals surface area contributed by atoms with E-state index in [0.29, 0.717) is 11.4 Å². The van der Waals surface area contributed by atoms with Crippen LogP contribution < -0.4 is 5.32 Å². The monoisotopic (exact) mass is 510 g/mol. The van der Waals surface area contributed by atoms with Crippen LogP contribution in [-0.4, -0.2) is 71.7 Å². The first kappa shape index (κ1) is 23.0. The van der Waals surface area contributed by atoms with Gasteiger partial charge < -0.3 is 29.4 Å². The zero-order valence-corrected chi connectivity index (χ0v) is 19.7. The maximum absolute atomic E-state index is 13.3. The van der Waals surface area contributed by atoms with Crippen molar-refractivity contribution < 1.29 is 38.4 Å². The number of nitrogens with zero attached hydrogens (tertiary/aromatic N) is 1. The van der Waals surface area contributed by atoms with Gasteiger partial charge in [0.25, 0.3) is 0 Å². The number of esters is 1. The Morgan fingerprint density at radius 1 is 1.19 bits per heavy atom. The number of ketones is 2. The van der Waals surface area contributed by atoms with Gasteiger partial charge in [0.2, 0.25) is 11.6 Å². The van der Waals surface area contributed by atoms with Crippen molar-refractivity contribution in [2.75, 3.05) is 13.7 Å². The third kappa shape index (κ3) is 3.57. The number of carbonyl (C=O) groups excluding carboxylic acids is 3.